The molecule has 16 heavy (non-hydrogen) atoms. The summed E-state index contributed by atoms with van der Waals surface area (Å²) < 4.78 is 5.18. The second kappa shape index (κ2) is 5.39. The highest BCUT2D eigenvalue weighted by molar-refractivity contribution is 7.81. The molecule has 2 nitrogen and oxygen atoms in total. The molecule has 0 N–H and O–H groups in total. The van der Waals surface area contributed by atoms with Crippen LogP contribution in [-0.2, 0) is 16.0 Å². The molecule has 0 amide bonds. The molecule has 0 radical (unpaired) electrons. The molecule has 0 aromatic heterocycles. The van der Waals surface area contributed by atoms with E-state index in [1.807, 2.05) is 30.3 Å². The van der Waals surface area contributed by atoms with Gasteiger partial charge in [0.05, 0.1) is 6.61 Å². The van der Waals surface area contributed by atoms with Gasteiger partial charge in [-0.3, -0.25) is 4.79 Å². The van der Waals surface area contributed by atoms with Crippen LogP contribution in [0.4, 0.5) is 0 Å². The Morgan fingerprint density at radius 3 is 2.69 bits per heavy atom. The Balaban J connectivity index is 1.77. The van der Waals surface area contributed by atoms with E-state index in [0.29, 0.717) is 18.9 Å². The third-order valence-corrected chi connectivity index (χ3v) is 3.10. The van der Waals surface area contributed by atoms with Gasteiger partial charge in [0.25, 0.3) is 0 Å². The molecule has 1 aliphatic rings. The van der Waals surface area contributed by atoms with Gasteiger partial charge in [-0.2, -0.15) is 12.6 Å². The second-order valence-corrected chi connectivity index (χ2v) is 4.90. The number of thiol groups is 1. The minimum absolute atomic E-state index is 0.195. The van der Waals surface area contributed by atoms with Crippen LogP contribution in [0.1, 0.15) is 18.4 Å². The van der Waals surface area contributed by atoms with Crippen molar-refractivity contribution in [2.75, 3.05) is 6.61 Å². The van der Waals surface area contributed by atoms with Crippen LogP contribution in [0.2, 0.25) is 0 Å². The molecular weight excluding hydrogens is 220 g/mol. The molecule has 0 aliphatic heterocycles. The normalized spacial score (nSPS) is 16.8. The van der Waals surface area contributed by atoms with Crippen molar-refractivity contribution >= 4 is 18.6 Å². The molecule has 0 saturated heterocycles. The quantitative estimate of drug-likeness (QED) is 0.628. The number of rotatable bonds is 5. The van der Waals surface area contributed by atoms with Crippen molar-refractivity contribution in [2.24, 2.45) is 5.92 Å². The summed E-state index contributed by atoms with van der Waals surface area (Å²) in [5, 5.41) is -0.346. The average Bonchev–Trinajstić information content (AvgIpc) is 3.11. The lowest BCUT2D eigenvalue weighted by Crippen LogP contribution is -2.21. The summed E-state index contributed by atoms with van der Waals surface area (Å²) in [5.74, 6) is 0.417. The number of ether oxygens (including phenoxy) is 1. The third kappa shape index (κ3) is 3.56. The van der Waals surface area contributed by atoms with Crippen molar-refractivity contribution in [3.8, 4) is 0 Å². The fourth-order valence-corrected chi connectivity index (χ4v) is 1.79. The van der Waals surface area contributed by atoms with Gasteiger partial charge in [-0.25, -0.2) is 0 Å². The summed E-state index contributed by atoms with van der Waals surface area (Å²) in [5.41, 5.74) is 1.12. The van der Waals surface area contributed by atoms with E-state index < -0.39 is 0 Å². The Hall–Kier alpha value is -0.960. The summed E-state index contributed by atoms with van der Waals surface area (Å²) in [4.78, 5) is 11.6. The Morgan fingerprint density at radius 1 is 1.38 bits per heavy atom. The van der Waals surface area contributed by atoms with Gasteiger partial charge in [0.1, 0.15) is 5.25 Å². The lowest BCUT2D eigenvalue weighted by atomic mass is 10.1. The molecule has 2 rings (SSSR count). The Morgan fingerprint density at radius 2 is 2.06 bits per heavy atom. The summed E-state index contributed by atoms with van der Waals surface area (Å²) in [6.07, 6.45) is 3.03. The maximum Gasteiger partial charge on any atom is 0.319 e. The van der Waals surface area contributed by atoms with Gasteiger partial charge in [-0.1, -0.05) is 30.3 Å². The van der Waals surface area contributed by atoms with Crippen LogP contribution in [0.5, 0.6) is 0 Å². The van der Waals surface area contributed by atoms with Gasteiger partial charge in [-0.05, 0) is 30.7 Å². The van der Waals surface area contributed by atoms with Gasteiger partial charge < -0.3 is 4.74 Å². The Bertz CT molecular complexity index is 346. The fraction of sp³-hybridized carbons (Fsp3) is 0.462. The highest BCUT2D eigenvalue weighted by Gasteiger charge is 2.24. The molecule has 1 aliphatic carbocycles. The molecule has 0 spiro atoms. The number of esters is 1. The van der Waals surface area contributed by atoms with Gasteiger partial charge in [0.2, 0.25) is 0 Å². The van der Waals surface area contributed by atoms with E-state index >= 15 is 0 Å². The van der Waals surface area contributed by atoms with E-state index in [0.717, 1.165) is 5.56 Å². The monoisotopic (exact) mass is 236 g/mol. The molecule has 1 aromatic carbocycles. The van der Waals surface area contributed by atoms with Crippen LogP contribution < -0.4 is 0 Å². The van der Waals surface area contributed by atoms with E-state index in [9.17, 15) is 4.79 Å². The van der Waals surface area contributed by atoms with Crippen LogP contribution in [0, 0.1) is 5.92 Å². The van der Waals surface area contributed by atoms with Crippen LogP contribution in [0.3, 0.4) is 0 Å². The van der Waals surface area contributed by atoms with Gasteiger partial charge in [-0.15, -0.1) is 0 Å². The number of benzene rings is 1. The van der Waals surface area contributed by atoms with Crippen molar-refractivity contribution in [1.29, 1.82) is 0 Å². The number of carbonyl (C=O) groups is 1. The SMILES string of the molecule is O=C(OCC1CC1)C(S)Cc1ccccc1. The first-order valence-electron chi connectivity index (χ1n) is 5.64. The molecule has 0 bridgehead atoms. The van der Waals surface area contributed by atoms with Crippen LogP contribution >= 0.6 is 12.6 Å². The molecule has 1 atom stereocenters. The van der Waals surface area contributed by atoms with Crippen LogP contribution in [0.15, 0.2) is 30.3 Å². The first-order valence-corrected chi connectivity index (χ1v) is 6.16. The maximum absolute atomic E-state index is 11.6. The van der Waals surface area contributed by atoms with Crippen molar-refractivity contribution in [3.63, 3.8) is 0 Å². The smallest absolute Gasteiger partial charge is 0.319 e. The molecule has 0 heterocycles. The van der Waals surface area contributed by atoms with E-state index in [1.54, 1.807) is 0 Å². The minimum atomic E-state index is -0.346. The van der Waals surface area contributed by atoms with Crippen molar-refractivity contribution in [1.82, 2.24) is 0 Å². The molecule has 1 unspecified atom stereocenters. The van der Waals surface area contributed by atoms with Gasteiger partial charge >= 0.3 is 5.97 Å². The molecule has 1 fully saturated rings. The zero-order chi connectivity index (χ0) is 11.4. The predicted octanol–water partition coefficient (Wildman–Crippen LogP) is 2.48. The zero-order valence-corrected chi connectivity index (χ0v) is 10.0. The van der Waals surface area contributed by atoms with Gasteiger partial charge in [0.15, 0.2) is 0 Å². The lowest BCUT2D eigenvalue weighted by molar-refractivity contribution is -0.143. The summed E-state index contributed by atoms with van der Waals surface area (Å²) >= 11 is 4.28. The number of carbonyl (C=O) groups excluding carboxylic acids is 1. The van der Waals surface area contributed by atoms with Crippen molar-refractivity contribution in [2.45, 2.75) is 24.5 Å². The number of hydrogen-bond donors (Lipinski definition) is 1. The number of hydrogen-bond acceptors (Lipinski definition) is 3. The molecule has 1 saturated carbocycles. The maximum atomic E-state index is 11.6. The van der Waals surface area contributed by atoms with E-state index in [2.05, 4.69) is 12.6 Å². The summed E-state index contributed by atoms with van der Waals surface area (Å²) in [6, 6.07) is 9.88. The fourth-order valence-electron chi connectivity index (χ4n) is 1.50. The molecule has 1 aromatic rings. The highest BCUT2D eigenvalue weighted by Crippen LogP contribution is 2.29. The summed E-state index contributed by atoms with van der Waals surface area (Å²) in [6.45, 7) is 0.574. The van der Waals surface area contributed by atoms with Crippen molar-refractivity contribution < 1.29 is 9.53 Å². The Labute approximate surface area is 101 Å². The molecule has 86 valence electrons. The zero-order valence-electron chi connectivity index (χ0n) is 9.13. The molecular formula is C13H16O2S. The first kappa shape index (κ1) is 11.5. The minimum Gasteiger partial charge on any atom is -0.465 e. The highest BCUT2D eigenvalue weighted by atomic mass is 32.1. The van der Waals surface area contributed by atoms with Crippen LogP contribution in [-0.4, -0.2) is 17.8 Å². The largest absolute Gasteiger partial charge is 0.465 e. The van der Waals surface area contributed by atoms with E-state index in [-0.39, 0.29) is 11.2 Å². The average molecular weight is 236 g/mol. The van der Waals surface area contributed by atoms with Crippen molar-refractivity contribution in [3.05, 3.63) is 35.9 Å². The third-order valence-electron chi connectivity index (χ3n) is 2.70. The summed E-state index contributed by atoms with van der Waals surface area (Å²) in [7, 11) is 0. The van der Waals surface area contributed by atoms with E-state index in [4.69, 9.17) is 4.74 Å². The topological polar surface area (TPSA) is 26.3 Å². The molecule has 3 heteroatoms. The van der Waals surface area contributed by atoms with E-state index in [1.165, 1.54) is 12.8 Å². The first-order chi connectivity index (χ1) is 7.75. The lowest BCUT2D eigenvalue weighted by Gasteiger charge is -2.10. The van der Waals surface area contributed by atoms with Gasteiger partial charge in [0, 0.05) is 0 Å². The second-order valence-electron chi connectivity index (χ2n) is 4.28. The standard InChI is InChI=1S/C13H16O2S/c14-13(15-9-11-6-7-11)12(16)8-10-4-2-1-3-5-10/h1-5,11-12,16H,6-9H2. The van der Waals surface area contributed by atoms with Crippen LogP contribution in [0.25, 0.3) is 0 Å². The predicted molar refractivity (Wildman–Crippen MR) is 66.6 cm³/mol. The Kier molecular flexibility index (Phi) is 3.88.